The van der Waals surface area contributed by atoms with Gasteiger partial charge in [0.15, 0.2) is 0 Å². The third-order valence-electron chi connectivity index (χ3n) is 1.98. The van der Waals surface area contributed by atoms with Crippen molar-refractivity contribution < 1.29 is 13.2 Å². The van der Waals surface area contributed by atoms with Crippen LogP contribution in [0.15, 0.2) is 22.6 Å². The summed E-state index contributed by atoms with van der Waals surface area (Å²) in [6, 6.07) is 3.38. The van der Waals surface area contributed by atoms with Crippen molar-refractivity contribution in [3.63, 3.8) is 0 Å². The summed E-state index contributed by atoms with van der Waals surface area (Å²) in [6.07, 6.45) is 0. The molecule has 0 radical (unpaired) electrons. The van der Waals surface area contributed by atoms with Crippen LogP contribution in [0.2, 0.25) is 0 Å². The van der Waals surface area contributed by atoms with Crippen molar-refractivity contribution in [3.05, 3.63) is 35.7 Å². The fourth-order valence-corrected chi connectivity index (χ4v) is 1.26. The number of hydrogen-bond donors (Lipinski definition) is 1. The lowest BCUT2D eigenvalue weighted by molar-refractivity contribution is 0.507. The van der Waals surface area contributed by atoms with E-state index in [9.17, 15) is 8.78 Å². The first-order valence-corrected chi connectivity index (χ1v) is 5.20. The Hall–Kier alpha value is -1.69. The van der Waals surface area contributed by atoms with Crippen LogP contribution in [0.5, 0.6) is 0 Å². The molecule has 0 aliphatic heterocycles. The molecule has 17 heavy (non-hydrogen) atoms. The van der Waals surface area contributed by atoms with Crippen molar-refractivity contribution in [1.82, 2.24) is 10.2 Å². The van der Waals surface area contributed by atoms with Crippen LogP contribution in [-0.4, -0.2) is 10.2 Å². The number of alkyl halides is 1. The SMILES string of the molecule is CC(Cl)c1nnc(Nc2c(F)cccc2F)o1. The van der Waals surface area contributed by atoms with Gasteiger partial charge in [0.1, 0.15) is 22.7 Å². The molecule has 1 N–H and O–H groups in total. The molecule has 1 heterocycles. The third kappa shape index (κ3) is 2.52. The lowest BCUT2D eigenvalue weighted by Crippen LogP contribution is -1.97. The number of anilines is 2. The predicted octanol–water partition coefficient (Wildman–Crippen LogP) is 3.39. The molecule has 7 heteroatoms. The number of para-hydroxylation sites is 1. The zero-order valence-electron chi connectivity index (χ0n) is 8.75. The van der Waals surface area contributed by atoms with Crippen LogP contribution >= 0.6 is 11.6 Å². The molecule has 0 aliphatic rings. The van der Waals surface area contributed by atoms with Crippen LogP contribution < -0.4 is 5.32 Å². The minimum absolute atomic E-state index is 0.114. The zero-order valence-corrected chi connectivity index (χ0v) is 9.50. The van der Waals surface area contributed by atoms with Crippen molar-refractivity contribution in [2.75, 3.05) is 5.32 Å². The Labute approximate surface area is 101 Å². The van der Waals surface area contributed by atoms with Gasteiger partial charge < -0.3 is 9.73 Å². The van der Waals surface area contributed by atoms with Gasteiger partial charge in [0.25, 0.3) is 0 Å². The largest absolute Gasteiger partial charge is 0.406 e. The van der Waals surface area contributed by atoms with Gasteiger partial charge in [0.2, 0.25) is 5.89 Å². The minimum Gasteiger partial charge on any atom is -0.406 e. The quantitative estimate of drug-likeness (QED) is 0.859. The summed E-state index contributed by atoms with van der Waals surface area (Å²) < 4.78 is 31.6. The average Bonchev–Trinajstić information content (AvgIpc) is 2.72. The average molecular weight is 260 g/mol. The monoisotopic (exact) mass is 259 g/mol. The van der Waals surface area contributed by atoms with Crippen molar-refractivity contribution in [2.45, 2.75) is 12.3 Å². The van der Waals surface area contributed by atoms with Crippen molar-refractivity contribution >= 4 is 23.3 Å². The van der Waals surface area contributed by atoms with Crippen LogP contribution in [0.25, 0.3) is 0 Å². The van der Waals surface area contributed by atoms with Gasteiger partial charge in [-0.1, -0.05) is 11.2 Å². The lowest BCUT2D eigenvalue weighted by atomic mass is 10.3. The molecule has 0 spiro atoms. The fourth-order valence-electron chi connectivity index (χ4n) is 1.17. The molecule has 0 saturated heterocycles. The maximum atomic E-state index is 13.3. The van der Waals surface area contributed by atoms with E-state index in [1.54, 1.807) is 6.92 Å². The van der Waals surface area contributed by atoms with Gasteiger partial charge in [0.05, 0.1) is 0 Å². The second-order valence-electron chi connectivity index (χ2n) is 3.28. The number of aromatic nitrogens is 2. The summed E-state index contributed by atoms with van der Waals surface area (Å²) in [7, 11) is 0. The lowest BCUT2D eigenvalue weighted by Gasteiger charge is -2.03. The normalized spacial score (nSPS) is 12.5. The molecule has 0 saturated carbocycles. The van der Waals surface area contributed by atoms with Gasteiger partial charge >= 0.3 is 6.01 Å². The molecule has 4 nitrogen and oxygen atoms in total. The molecule has 0 amide bonds. The van der Waals surface area contributed by atoms with Gasteiger partial charge in [-0.15, -0.1) is 16.7 Å². The molecule has 0 aliphatic carbocycles. The number of benzene rings is 1. The maximum Gasteiger partial charge on any atom is 0.320 e. The molecule has 2 aromatic rings. The highest BCUT2D eigenvalue weighted by molar-refractivity contribution is 6.20. The molecular formula is C10H8ClF2N3O. The molecule has 0 fully saturated rings. The first-order valence-electron chi connectivity index (χ1n) is 4.76. The van der Waals surface area contributed by atoms with E-state index in [0.29, 0.717) is 0 Å². The highest BCUT2D eigenvalue weighted by Crippen LogP contribution is 2.24. The van der Waals surface area contributed by atoms with Crippen molar-refractivity contribution in [1.29, 1.82) is 0 Å². The zero-order chi connectivity index (χ0) is 12.4. The number of rotatable bonds is 3. The van der Waals surface area contributed by atoms with E-state index in [1.165, 1.54) is 6.07 Å². The van der Waals surface area contributed by atoms with Crippen molar-refractivity contribution in [2.24, 2.45) is 0 Å². The van der Waals surface area contributed by atoms with E-state index >= 15 is 0 Å². The Morgan fingerprint density at radius 1 is 1.29 bits per heavy atom. The first-order chi connectivity index (χ1) is 8.08. The topological polar surface area (TPSA) is 51.0 Å². The summed E-state index contributed by atoms with van der Waals surface area (Å²) in [4.78, 5) is 0. The third-order valence-corrected chi connectivity index (χ3v) is 2.16. The molecule has 2 rings (SSSR count). The van der Waals surface area contributed by atoms with E-state index in [-0.39, 0.29) is 17.6 Å². The van der Waals surface area contributed by atoms with Gasteiger partial charge in [-0.3, -0.25) is 0 Å². The van der Waals surface area contributed by atoms with Gasteiger partial charge in [0, 0.05) is 0 Å². The molecule has 1 atom stereocenters. The molecule has 0 bridgehead atoms. The smallest absolute Gasteiger partial charge is 0.320 e. The van der Waals surface area contributed by atoms with Gasteiger partial charge in [-0.05, 0) is 19.1 Å². The first kappa shape index (κ1) is 11.8. The standard InChI is InChI=1S/C10H8ClF2N3O/c1-5(11)9-15-16-10(17-9)14-8-6(12)3-2-4-7(8)13/h2-5H,1H3,(H,14,16). The van der Waals surface area contributed by atoms with Crippen LogP contribution in [0.1, 0.15) is 18.2 Å². The summed E-state index contributed by atoms with van der Waals surface area (Å²) in [5.41, 5.74) is -0.343. The highest BCUT2D eigenvalue weighted by Gasteiger charge is 2.14. The Kier molecular flexibility index (Phi) is 3.23. The minimum atomic E-state index is -0.747. The molecule has 90 valence electrons. The van der Waals surface area contributed by atoms with E-state index in [1.807, 2.05) is 0 Å². The van der Waals surface area contributed by atoms with E-state index < -0.39 is 17.0 Å². The summed E-state index contributed by atoms with van der Waals surface area (Å²) in [6.45, 7) is 1.64. The Morgan fingerprint density at radius 3 is 2.47 bits per heavy atom. The van der Waals surface area contributed by atoms with Crippen LogP contribution in [0, 0.1) is 11.6 Å². The number of nitrogens with one attached hydrogen (secondary N) is 1. The van der Waals surface area contributed by atoms with Gasteiger partial charge in [-0.2, -0.15) is 0 Å². The number of nitrogens with zero attached hydrogens (tertiary/aromatic N) is 2. The second kappa shape index (κ2) is 4.67. The molecular weight excluding hydrogens is 252 g/mol. The maximum absolute atomic E-state index is 13.3. The molecule has 1 unspecified atom stereocenters. The van der Waals surface area contributed by atoms with E-state index in [2.05, 4.69) is 15.5 Å². The highest BCUT2D eigenvalue weighted by atomic mass is 35.5. The van der Waals surface area contributed by atoms with Crippen LogP contribution in [0.3, 0.4) is 0 Å². The summed E-state index contributed by atoms with van der Waals surface area (Å²) in [5.74, 6) is -1.32. The Bertz CT molecular complexity index is 510. The predicted molar refractivity (Wildman–Crippen MR) is 58.2 cm³/mol. The Morgan fingerprint density at radius 2 is 1.94 bits per heavy atom. The summed E-state index contributed by atoms with van der Waals surface area (Å²) in [5, 5.41) is 9.08. The van der Waals surface area contributed by atoms with Crippen LogP contribution in [-0.2, 0) is 0 Å². The second-order valence-corrected chi connectivity index (χ2v) is 3.94. The van der Waals surface area contributed by atoms with Crippen LogP contribution in [0.4, 0.5) is 20.5 Å². The number of halogens is 3. The van der Waals surface area contributed by atoms with E-state index in [0.717, 1.165) is 12.1 Å². The van der Waals surface area contributed by atoms with Gasteiger partial charge in [-0.25, -0.2) is 8.78 Å². The van der Waals surface area contributed by atoms with E-state index in [4.69, 9.17) is 16.0 Å². The Balaban J connectivity index is 2.25. The molecule has 1 aromatic carbocycles. The van der Waals surface area contributed by atoms with Crippen molar-refractivity contribution in [3.8, 4) is 0 Å². The molecule has 1 aromatic heterocycles. The fraction of sp³-hybridized carbons (Fsp3) is 0.200. The summed E-state index contributed by atoms with van der Waals surface area (Å²) >= 11 is 5.71. The number of hydrogen-bond acceptors (Lipinski definition) is 4.